The van der Waals surface area contributed by atoms with E-state index in [9.17, 15) is 22.8 Å². The van der Waals surface area contributed by atoms with Crippen LogP contribution < -0.4 is 16.2 Å². The summed E-state index contributed by atoms with van der Waals surface area (Å²) in [4.78, 5) is 24.3. The van der Waals surface area contributed by atoms with Crippen molar-refractivity contribution in [1.82, 2.24) is 0 Å². The zero-order chi connectivity index (χ0) is 25.4. The maximum atomic E-state index is 12.4. The van der Waals surface area contributed by atoms with Gasteiger partial charge in [-0.25, -0.2) is 4.79 Å². The zero-order valence-electron chi connectivity index (χ0n) is 18.9. The third kappa shape index (κ3) is 8.97. The fourth-order valence-corrected chi connectivity index (χ4v) is 3.72. The average Bonchev–Trinajstić information content (AvgIpc) is 2.80. The van der Waals surface area contributed by atoms with Crippen LogP contribution in [0.3, 0.4) is 0 Å². The number of alkyl halides is 3. The number of rotatable bonds is 8. The third-order valence-corrected chi connectivity index (χ3v) is 5.42. The number of anilines is 2. The molecule has 0 radical (unpaired) electrons. The summed E-state index contributed by atoms with van der Waals surface area (Å²) >= 11 is 0. The molecule has 1 fully saturated rings. The monoisotopic (exact) mass is 492 g/mol. The van der Waals surface area contributed by atoms with Crippen LogP contribution in [0, 0.1) is 5.92 Å². The Kier molecular flexibility index (Phi) is 8.75. The standard InChI is InChI=1S/C25H27F3N2O5/c26-25(27,28)15-34-21-8-4-18(5-9-21)24(32)35-22-6-1-16(2-7-22)3-10-23(31)33-14-17-11-19(29)13-20(30)12-17/h1-3,6-7,10-13,18,21H,4-5,8-9,14-15,29-30H2/b10-3+. The lowest BCUT2D eigenvalue weighted by Gasteiger charge is -2.27. The molecule has 35 heavy (non-hydrogen) atoms. The van der Waals surface area contributed by atoms with Crippen molar-refractivity contribution < 1.29 is 37.0 Å². The van der Waals surface area contributed by atoms with Crippen LogP contribution in [0.4, 0.5) is 24.5 Å². The minimum Gasteiger partial charge on any atom is -0.458 e. The first kappa shape index (κ1) is 26.1. The molecule has 1 aliphatic carbocycles. The molecule has 0 aromatic heterocycles. The highest BCUT2D eigenvalue weighted by atomic mass is 19.4. The van der Waals surface area contributed by atoms with Crippen LogP contribution in [-0.4, -0.2) is 30.8 Å². The Balaban J connectivity index is 1.42. The van der Waals surface area contributed by atoms with Crippen LogP contribution in [0.15, 0.2) is 48.5 Å². The molecule has 188 valence electrons. The van der Waals surface area contributed by atoms with Gasteiger partial charge >= 0.3 is 18.1 Å². The number of halogens is 3. The minimum absolute atomic E-state index is 0.0314. The number of nitrogen functional groups attached to an aromatic ring is 2. The van der Waals surface area contributed by atoms with Gasteiger partial charge in [-0.2, -0.15) is 13.2 Å². The van der Waals surface area contributed by atoms with Gasteiger partial charge in [-0.1, -0.05) is 12.1 Å². The highest BCUT2D eigenvalue weighted by molar-refractivity contribution is 5.87. The van der Waals surface area contributed by atoms with Gasteiger partial charge in [-0.3, -0.25) is 4.79 Å². The Bertz CT molecular complexity index is 1030. The van der Waals surface area contributed by atoms with Gasteiger partial charge < -0.3 is 25.7 Å². The predicted octanol–water partition coefficient (Wildman–Crippen LogP) is 4.65. The number of hydrogen-bond donors (Lipinski definition) is 2. The van der Waals surface area contributed by atoms with Gasteiger partial charge in [-0.15, -0.1) is 0 Å². The molecule has 4 N–H and O–H groups in total. The second-order valence-corrected chi connectivity index (χ2v) is 8.34. The molecule has 1 aliphatic rings. The average molecular weight is 492 g/mol. The molecular formula is C25H27F3N2O5. The van der Waals surface area contributed by atoms with Crippen LogP contribution in [0.1, 0.15) is 36.8 Å². The Morgan fingerprint density at radius 1 is 0.971 bits per heavy atom. The second kappa shape index (κ2) is 11.7. The highest BCUT2D eigenvalue weighted by Gasteiger charge is 2.32. The van der Waals surface area contributed by atoms with Crippen molar-refractivity contribution >= 4 is 29.4 Å². The molecule has 0 aliphatic heterocycles. The maximum absolute atomic E-state index is 12.4. The van der Waals surface area contributed by atoms with Crippen molar-refractivity contribution in [1.29, 1.82) is 0 Å². The lowest BCUT2D eigenvalue weighted by Crippen LogP contribution is -2.31. The summed E-state index contributed by atoms with van der Waals surface area (Å²) in [6, 6.07) is 11.5. The number of ether oxygens (including phenoxy) is 3. The first-order valence-corrected chi connectivity index (χ1v) is 11.1. The Morgan fingerprint density at radius 2 is 1.60 bits per heavy atom. The van der Waals surface area contributed by atoms with E-state index < -0.39 is 30.8 Å². The van der Waals surface area contributed by atoms with E-state index in [0.29, 0.717) is 53.9 Å². The van der Waals surface area contributed by atoms with E-state index in [-0.39, 0.29) is 12.5 Å². The second-order valence-electron chi connectivity index (χ2n) is 8.34. The van der Waals surface area contributed by atoms with Gasteiger partial charge in [0.05, 0.1) is 12.0 Å². The van der Waals surface area contributed by atoms with E-state index in [1.165, 1.54) is 6.08 Å². The van der Waals surface area contributed by atoms with E-state index in [1.54, 1.807) is 48.5 Å². The summed E-state index contributed by atoms with van der Waals surface area (Å²) in [5.41, 5.74) is 13.8. The van der Waals surface area contributed by atoms with Gasteiger partial charge in [0.1, 0.15) is 19.0 Å². The minimum atomic E-state index is -4.36. The molecule has 0 atom stereocenters. The van der Waals surface area contributed by atoms with Gasteiger partial charge in [0.25, 0.3) is 0 Å². The fourth-order valence-electron chi connectivity index (χ4n) is 3.72. The summed E-state index contributed by atoms with van der Waals surface area (Å²) in [7, 11) is 0. The fraction of sp³-hybridized carbons (Fsp3) is 0.360. The molecule has 0 spiro atoms. The van der Waals surface area contributed by atoms with Crippen molar-refractivity contribution in [2.24, 2.45) is 5.92 Å². The van der Waals surface area contributed by atoms with Gasteiger partial charge in [-0.05, 0) is 73.2 Å². The first-order valence-electron chi connectivity index (χ1n) is 11.1. The summed E-state index contributed by atoms with van der Waals surface area (Å²) in [5.74, 6) is -1.01. The van der Waals surface area contributed by atoms with Crippen molar-refractivity contribution in [3.05, 3.63) is 59.7 Å². The van der Waals surface area contributed by atoms with E-state index in [2.05, 4.69) is 0 Å². The quantitative estimate of drug-likeness (QED) is 0.239. The van der Waals surface area contributed by atoms with E-state index in [1.807, 2.05) is 0 Å². The Morgan fingerprint density at radius 3 is 2.20 bits per heavy atom. The number of hydrogen-bond acceptors (Lipinski definition) is 7. The number of carbonyl (C=O) groups excluding carboxylic acids is 2. The molecule has 2 aromatic carbocycles. The van der Waals surface area contributed by atoms with Crippen LogP contribution >= 0.6 is 0 Å². The zero-order valence-corrected chi connectivity index (χ0v) is 18.9. The molecule has 0 saturated heterocycles. The smallest absolute Gasteiger partial charge is 0.411 e. The summed E-state index contributed by atoms with van der Waals surface area (Å²) in [5, 5.41) is 0. The van der Waals surface area contributed by atoms with E-state index in [4.69, 9.17) is 25.7 Å². The van der Waals surface area contributed by atoms with Gasteiger partial charge in [0.15, 0.2) is 0 Å². The molecule has 0 heterocycles. The van der Waals surface area contributed by atoms with Crippen molar-refractivity contribution in [3.63, 3.8) is 0 Å². The molecule has 2 aromatic rings. The van der Waals surface area contributed by atoms with E-state index in [0.717, 1.165) is 0 Å². The lowest BCUT2D eigenvalue weighted by molar-refractivity contribution is -0.189. The molecular weight excluding hydrogens is 465 g/mol. The lowest BCUT2D eigenvalue weighted by atomic mass is 9.87. The van der Waals surface area contributed by atoms with Crippen LogP contribution in [-0.2, 0) is 25.7 Å². The van der Waals surface area contributed by atoms with Crippen LogP contribution in [0.2, 0.25) is 0 Å². The number of benzene rings is 2. The number of carbonyl (C=O) groups is 2. The third-order valence-electron chi connectivity index (χ3n) is 5.42. The molecule has 0 unspecified atom stereocenters. The topological polar surface area (TPSA) is 114 Å². The molecule has 7 nitrogen and oxygen atoms in total. The van der Waals surface area contributed by atoms with Crippen molar-refractivity contribution in [2.45, 2.75) is 44.6 Å². The molecule has 0 bridgehead atoms. The maximum Gasteiger partial charge on any atom is 0.411 e. The van der Waals surface area contributed by atoms with Crippen LogP contribution in [0.5, 0.6) is 5.75 Å². The molecule has 3 rings (SSSR count). The molecule has 1 saturated carbocycles. The number of nitrogens with two attached hydrogens (primary N) is 2. The predicted molar refractivity (Wildman–Crippen MR) is 124 cm³/mol. The summed E-state index contributed by atoms with van der Waals surface area (Å²) in [6.07, 6.45) is -0.452. The molecule has 10 heteroatoms. The van der Waals surface area contributed by atoms with Gasteiger partial charge in [0, 0.05) is 17.5 Å². The van der Waals surface area contributed by atoms with Gasteiger partial charge in [0.2, 0.25) is 0 Å². The number of esters is 2. The van der Waals surface area contributed by atoms with Crippen LogP contribution in [0.25, 0.3) is 6.08 Å². The highest BCUT2D eigenvalue weighted by Crippen LogP contribution is 2.29. The van der Waals surface area contributed by atoms with E-state index >= 15 is 0 Å². The van der Waals surface area contributed by atoms with Crippen molar-refractivity contribution in [2.75, 3.05) is 18.1 Å². The molecule has 0 amide bonds. The Hall–Kier alpha value is -3.53. The SMILES string of the molecule is Nc1cc(N)cc(COC(=O)/C=C/c2ccc(OC(=O)C3CCC(OCC(F)(F)F)CC3)cc2)c1. The Labute approximate surface area is 200 Å². The van der Waals surface area contributed by atoms with Crippen molar-refractivity contribution in [3.8, 4) is 5.75 Å². The normalized spacial score (nSPS) is 18.4. The summed E-state index contributed by atoms with van der Waals surface area (Å²) < 4.78 is 52.2. The summed E-state index contributed by atoms with van der Waals surface area (Å²) in [6.45, 7) is -1.24. The first-order chi connectivity index (χ1) is 16.6. The largest absolute Gasteiger partial charge is 0.458 e.